The SMILES string of the molecule is CC(=O)O[C@@H]1C[C@@H]2C[C@@](C)(N)C[C@@H]2C1. The van der Waals surface area contributed by atoms with Gasteiger partial charge in [0, 0.05) is 12.5 Å². The van der Waals surface area contributed by atoms with Crippen molar-refractivity contribution < 1.29 is 9.53 Å². The standard InChI is InChI=1S/C11H19NO2/c1-7(13)14-10-3-8-5-11(2,12)6-9(8)4-10/h8-10H,3-6,12H2,1-2H3/t8-,9+,10-,11-. The lowest BCUT2D eigenvalue weighted by molar-refractivity contribution is -0.146. The molecule has 0 heterocycles. The zero-order valence-electron chi connectivity index (χ0n) is 8.95. The third kappa shape index (κ3) is 1.92. The maximum atomic E-state index is 10.8. The van der Waals surface area contributed by atoms with Gasteiger partial charge in [0.25, 0.3) is 0 Å². The Balaban J connectivity index is 1.90. The largest absolute Gasteiger partial charge is 0.463 e. The van der Waals surface area contributed by atoms with E-state index in [-0.39, 0.29) is 17.6 Å². The normalized spacial score (nSPS) is 46.4. The van der Waals surface area contributed by atoms with E-state index in [1.807, 2.05) is 0 Å². The molecule has 0 bridgehead atoms. The van der Waals surface area contributed by atoms with Gasteiger partial charge in [-0.1, -0.05) is 0 Å². The Morgan fingerprint density at radius 1 is 1.36 bits per heavy atom. The molecule has 4 atom stereocenters. The molecule has 0 saturated heterocycles. The van der Waals surface area contributed by atoms with Crippen molar-refractivity contribution in [3.8, 4) is 0 Å². The average molecular weight is 197 g/mol. The van der Waals surface area contributed by atoms with Crippen LogP contribution in [0.2, 0.25) is 0 Å². The van der Waals surface area contributed by atoms with E-state index in [1.54, 1.807) is 0 Å². The van der Waals surface area contributed by atoms with Crippen molar-refractivity contribution in [1.82, 2.24) is 0 Å². The fraction of sp³-hybridized carbons (Fsp3) is 0.909. The van der Waals surface area contributed by atoms with Crippen molar-refractivity contribution in [2.45, 2.75) is 51.2 Å². The molecule has 2 aliphatic carbocycles. The summed E-state index contributed by atoms with van der Waals surface area (Å²) in [6.45, 7) is 3.62. The third-order valence-corrected chi connectivity index (χ3v) is 3.59. The molecule has 3 nitrogen and oxygen atoms in total. The van der Waals surface area contributed by atoms with Gasteiger partial charge in [-0.25, -0.2) is 0 Å². The second kappa shape index (κ2) is 3.23. The highest BCUT2D eigenvalue weighted by Gasteiger charge is 2.46. The highest BCUT2D eigenvalue weighted by Crippen LogP contribution is 2.48. The van der Waals surface area contributed by atoms with Crippen molar-refractivity contribution >= 4 is 5.97 Å². The van der Waals surface area contributed by atoms with Crippen molar-refractivity contribution in [3.63, 3.8) is 0 Å². The van der Waals surface area contributed by atoms with E-state index in [4.69, 9.17) is 10.5 Å². The van der Waals surface area contributed by atoms with Crippen LogP contribution >= 0.6 is 0 Å². The molecule has 0 aromatic rings. The fourth-order valence-electron chi connectivity index (χ4n) is 3.27. The maximum Gasteiger partial charge on any atom is 0.302 e. The number of fused-ring (bicyclic) bond motifs is 1. The van der Waals surface area contributed by atoms with Gasteiger partial charge < -0.3 is 10.5 Å². The Morgan fingerprint density at radius 3 is 2.29 bits per heavy atom. The van der Waals surface area contributed by atoms with Gasteiger partial charge in [0.2, 0.25) is 0 Å². The van der Waals surface area contributed by atoms with E-state index in [2.05, 4.69) is 6.92 Å². The van der Waals surface area contributed by atoms with Crippen molar-refractivity contribution in [3.05, 3.63) is 0 Å². The second-order valence-electron chi connectivity index (χ2n) is 5.29. The molecule has 2 saturated carbocycles. The summed E-state index contributed by atoms with van der Waals surface area (Å²) in [5, 5.41) is 0. The van der Waals surface area contributed by atoms with Crippen LogP contribution < -0.4 is 5.73 Å². The predicted octanol–water partition coefficient (Wildman–Crippen LogP) is 1.46. The molecule has 0 radical (unpaired) electrons. The predicted molar refractivity (Wildman–Crippen MR) is 53.6 cm³/mol. The number of rotatable bonds is 1. The number of carbonyl (C=O) groups excluding carboxylic acids is 1. The zero-order valence-corrected chi connectivity index (χ0v) is 8.95. The van der Waals surface area contributed by atoms with Crippen molar-refractivity contribution in [2.75, 3.05) is 0 Å². The zero-order chi connectivity index (χ0) is 10.3. The summed E-state index contributed by atoms with van der Waals surface area (Å²) in [5.74, 6) is 1.23. The Labute approximate surface area is 85.0 Å². The van der Waals surface area contributed by atoms with E-state index in [1.165, 1.54) is 6.92 Å². The molecule has 80 valence electrons. The second-order valence-corrected chi connectivity index (χ2v) is 5.29. The quantitative estimate of drug-likeness (QED) is 0.647. The molecule has 0 amide bonds. The van der Waals surface area contributed by atoms with Gasteiger partial charge in [0.05, 0.1) is 0 Å². The number of nitrogens with two attached hydrogens (primary N) is 1. The highest BCUT2D eigenvalue weighted by atomic mass is 16.5. The Kier molecular flexibility index (Phi) is 2.30. The molecule has 0 aliphatic heterocycles. The summed E-state index contributed by atoms with van der Waals surface area (Å²) in [5.41, 5.74) is 6.13. The van der Waals surface area contributed by atoms with Gasteiger partial charge in [-0.3, -0.25) is 4.79 Å². The first-order valence-corrected chi connectivity index (χ1v) is 5.42. The lowest BCUT2D eigenvalue weighted by atomic mass is 9.97. The van der Waals surface area contributed by atoms with E-state index in [0.29, 0.717) is 11.8 Å². The summed E-state index contributed by atoms with van der Waals surface area (Å²) < 4.78 is 5.24. The van der Waals surface area contributed by atoms with Crippen LogP contribution in [0, 0.1) is 11.8 Å². The number of esters is 1. The summed E-state index contributed by atoms with van der Waals surface area (Å²) in [6, 6.07) is 0. The molecule has 2 fully saturated rings. The molecule has 2 aliphatic rings. The Hall–Kier alpha value is -0.570. The van der Waals surface area contributed by atoms with Crippen LogP contribution in [-0.4, -0.2) is 17.6 Å². The van der Waals surface area contributed by atoms with Gasteiger partial charge in [0.15, 0.2) is 0 Å². The molecule has 2 rings (SSSR count). The molecular formula is C11H19NO2. The molecule has 0 unspecified atom stereocenters. The Morgan fingerprint density at radius 2 is 1.86 bits per heavy atom. The lowest BCUT2D eigenvalue weighted by Crippen LogP contribution is -2.33. The van der Waals surface area contributed by atoms with Gasteiger partial charge in [-0.05, 0) is 44.4 Å². The van der Waals surface area contributed by atoms with Crippen molar-refractivity contribution in [2.24, 2.45) is 17.6 Å². The van der Waals surface area contributed by atoms with Crippen LogP contribution in [-0.2, 0) is 9.53 Å². The summed E-state index contributed by atoms with van der Waals surface area (Å²) >= 11 is 0. The van der Waals surface area contributed by atoms with Crippen molar-refractivity contribution in [1.29, 1.82) is 0 Å². The van der Waals surface area contributed by atoms with Crippen LogP contribution in [0.1, 0.15) is 39.5 Å². The first kappa shape index (κ1) is 9.97. The van der Waals surface area contributed by atoms with Crippen LogP contribution in [0.4, 0.5) is 0 Å². The van der Waals surface area contributed by atoms with E-state index in [0.717, 1.165) is 25.7 Å². The smallest absolute Gasteiger partial charge is 0.302 e. The van der Waals surface area contributed by atoms with Crippen LogP contribution in [0.5, 0.6) is 0 Å². The minimum absolute atomic E-state index is 0.0243. The van der Waals surface area contributed by atoms with Gasteiger partial charge >= 0.3 is 5.97 Å². The van der Waals surface area contributed by atoms with Crippen LogP contribution in [0.15, 0.2) is 0 Å². The molecule has 14 heavy (non-hydrogen) atoms. The third-order valence-electron chi connectivity index (χ3n) is 3.59. The number of carbonyl (C=O) groups is 1. The van der Waals surface area contributed by atoms with Crippen LogP contribution in [0.3, 0.4) is 0 Å². The number of hydrogen-bond donors (Lipinski definition) is 1. The molecule has 3 heteroatoms. The Bertz CT molecular complexity index is 234. The molecule has 0 spiro atoms. The monoisotopic (exact) mass is 197 g/mol. The van der Waals surface area contributed by atoms with Gasteiger partial charge in [0.1, 0.15) is 6.10 Å². The number of ether oxygens (including phenoxy) is 1. The minimum atomic E-state index is -0.148. The molecule has 0 aromatic heterocycles. The van der Waals surface area contributed by atoms with Gasteiger partial charge in [-0.2, -0.15) is 0 Å². The van der Waals surface area contributed by atoms with Crippen LogP contribution in [0.25, 0.3) is 0 Å². The van der Waals surface area contributed by atoms with E-state index in [9.17, 15) is 4.79 Å². The first-order chi connectivity index (χ1) is 6.46. The number of hydrogen-bond acceptors (Lipinski definition) is 3. The van der Waals surface area contributed by atoms with E-state index >= 15 is 0 Å². The summed E-state index contributed by atoms with van der Waals surface area (Å²) in [6.07, 6.45) is 4.40. The lowest BCUT2D eigenvalue weighted by Gasteiger charge is -2.20. The molecule has 0 aromatic carbocycles. The maximum absolute atomic E-state index is 10.8. The topological polar surface area (TPSA) is 52.3 Å². The minimum Gasteiger partial charge on any atom is -0.463 e. The first-order valence-electron chi connectivity index (χ1n) is 5.42. The summed E-state index contributed by atoms with van der Waals surface area (Å²) in [7, 11) is 0. The highest BCUT2D eigenvalue weighted by molar-refractivity contribution is 5.66. The molecular weight excluding hydrogens is 178 g/mol. The van der Waals surface area contributed by atoms with Gasteiger partial charge in [-0.15, -0.1) is 0 Å². The average Bonchev–Trinajstić information content (AvgIpc) is 2.38. The fourth-order valence-corrected chi connectivity index (χ4v) is 3.27. The molecule has 2 N–H and O–H groups in total. The van der Waals surface area contributed by atoms with E-state index < -0.39 is 0 Å². The summed E-state index contributed by atoms with van der Waals surface area (Å²) in [4.78, 5) is 10.8.